The highest BCUT2D eigenvalue weighted by Gasteiger charge is 2.06. The van der Waals surface area contributed by atoms with Crippen LogP contribution in [0, 0.1) is 0 Å². The first-order valence-electron chi connectivity index (χ1n) is 5.14. The number of rotatable bonds is 3. The zero-order valence-electron chi connectivity index (χ0n) is 9.44. The van der Waals surface area contributed by atoms with Crippen LogP contribution in [0.15, 0.2) is 51.6 Å². The SMILES string of the molecule is C=C(Cl)CSc1cc(=O)n(C)c2ccccc12. The molecular weight excluding hydrogens is 254 g/mol. The summed E-state index contributed by atoms with van der Waals surface area (Å²) >= 11 is 7.29. The third-order valence-corrected chi connectivity index (χ3v) is 3.93. The van der Waals surface area contributed by atoms with Crippen molar-refractivity contribution >= 4 is 34.3 Å². The molecule has 0 spiro atoms. The molecule has 0 bridgehead atoms. The Kier molecular flexibility index (Phi) is 3.60. The van der Waals surface area contributed by atoms with Gasteiger partial charge >= 0.3 is 0 Å². The number of hydrogen-bond donors (Lipinski definition) is 0. The first-order valence-corrected chi connectivity index (χ1v) is 6.51. The van der Waals surface area contributed by atoms with Crippen molar-refractivity contribution in [3.63, 3.8) is 0 Å². The molecule has 0 radical (unpaired) electrons. The van der Waals surface area contributed by atoms with E-state index in [2.05, 4.69) is 6.58 Å². The van der Waals surface area contributed by atoms with E-state index in [9.17, 15) is 4.79 Å². The van der Waals surface area contributed by atoms with Gasteiger partial charge in [-0.25, -0.2) is 0 Å². The van der Waals surface area contributed by atoms with Gasteiger partial charge < -0.3 is 4.57 Å². The van der Waals surface area contributed by atoms with Crippen molar-refractivity contribution < 1.29 is 0 Å². The van der Waals surface area contributed by atoms with E-state index in [-0.39, 0.29) is 5.56 Å². The molecule has 2 nitrogen and oxygen atoms in total. The average molecular weight is 266 g/mol. The predicted molar refractivity (Wildman–Crippen MR) is 74.9 cm³/mol. The summed E-state index contributed by atoms with van der Waals surface area (Å²) in [4.78, 5) is 12.7. The minimum Gasteiger partial charge on any atom is -0.311 e. The smallest absolute Gasteiger partial charge is 0.251 e. The van der Waals surface area contributed by atoms with E-state index in [1.807, 2.05) is 24.3 Å². The lowest BCUT2D eigenvalue weighted by Gasteiger charge is -2.09. The third kappa shape index (κ3) is 2.56. The fraction of sp³-hybridized carbons (Fsp3) is 0.154. The molecule has 2 aromatic rings. The molecule has 1 aromatic heterocycles. The maximum Gasteiger partial charge on any atom is 0.251 e. The van der Waals surface area contributed by atoms with Gasteiger partial charge in [-0.3, -0.25) is 4.79 Å². The minimum absolute atomic E-state index is 0.00798. The number of halogens is 1. The van der Waals surface area contributed by atoms with Gasteiger partial charge in [0.25, 0.3) is 5.56 Å². The Morgan fingerprint density at radius 2 is 2.18 bits per heavy atom. The molecule has 0 atom stereocenters. The topological polar surface area (TPSA) is 22.0 Å². The van der Waals surface area contributed by atoms with E-state index in [1.165, 1.54) is 11.8 Å². The van der Waals surface area contributed by atoms with Crippen molar-refractivity contribution in [1.29, 1.82) is 0 Å². The summed E-state index contributed by atoms with van der Waals surface area (Å²) in [6.07, 6.45) is 0. The maximum atomic E-state index is 11.8. The number of aromatic nitrogens is 1. The van der Waals surface area contributed by atoms with Gasteiger partial charge in [0, 0.05) is 34.2 Å². The second-order valence-electron chi connectivity index (χ2n) is 3.73. The van der Waals surface area contributed by atoms with Crippen molar-refractivity contribution in [2.75, 3.05) is 5.75 Å². The molecule has 17 heavy (non-hydrogen) atoms. The lowest BCUT2D eigenvalue weighted by atomic mass is 10.2. The van der Waals surface area contributed by atoms with E-state index in [4.69, 9.17) is 11.6 Å². The van der Waals surface area contributed by atoms with Crippen LogP contribution in [0.5, 0.6) is 0 Å². The van der Waals surface area contributed by atoms with Crippen molar-refractivity contribution in [1.82, 2.24) is 4.57 Å². The van der Waals surface area contributed by atoms with Crippen LogP contribution in [0.4, 0.5) is 0 Å². The second-order valence-corrected chi connectivity index (χ2v) is 5.28. The Hall–Kier alpha value is -1.19. The van der Waals surface area contributed by atoms with Gasteiger partial charge in [0.2, 0.25) is 0 Å². The fourth-order valence-electron chi connectivity index (χ4n) is 1.66. The van der Waals surface area contributed by atoms with Crippen molar-refractivity contribution in [2.45, 2.75) is 4.90 Å². The normalized spacial score (nSPS) is 10.7. The first-order chi connectivity index (χ1) is 8.09. The van der Waals surface area contributed by atoms with Crippen LogP contribution >= 0.6 is 23.4 Å². The molecule has 88 valence electrons. The summed E-state index contributed by atoms with van der Waals surface area (Å²) in [6, 6.07) is 9.49. The zero-order valence-corrected chi connectivity index (χ0v) is 11.0. The van der Waals surface area contributed by atoms with Gasteiger partial charge in [0.15, 0.2) is 0 Å². The Bertz CT molecular complexity index is 633. The number of benzene rings is 1. The summed E-state index contributed by atoms with van der Waals surface area (Å²) in [5.41, 5.74) is 0.925. The molecule has 0 aliphatic rings. The number of para-hydroxylation sites is 1. The molecule has 0 aliphatic heterocycles. The van der Waals surface area contributed by atoms with Gasteiger partial charge in [-0.15, -0.1) is 11.8 Å². The minimum atomic E-state index is -0.00798. The molecule has 0 aliphatic carbocycles. The van der Waals surface area contributed by atoms with E-state index in [0.717, 1.165) is 15.8 Å². The molecule has 0 amide bonds. The van der Waals surface area contributed by atoms with Crippen LogP contribution in [-0.2, 0) is 7.05 Å². The molecule has 0 N–H and O–H groups in total. The Morgan fingerprint density at radius 1 is 1.47 bits per heavy atom. The Morgan fingerprint density at radius 3 is 2.88 bits per heavy atom. The van der Waals surface area contributed by atoms with E-state index in [0.29, 0.717) is 10.8 Å². The van der Waals surface area contributed by atoms with Crippen molar-refractivity contribution in [2.24, 2.45) is 7.05 Å². The maximum absolute atomic E-state index is 11.8. The third-order valence-electron chi connectivity index (χ3n) is 2.50. The van der Waals surface area contributed by atoms with E-state index in [1.54, 1.807) is 17.7 Å². The molecule has 2 rings (SSSR count). The largest absolute Gasteiger partial charge is 0.311 e. The zero-order chi connectivity index (χ0) is 12.4. The number of fused-ring (bicyclic) bond motifs is 1. The molecule has 0 unspecified atom stereocenters. The van der Waals surface area contributed by atoms with Gasteiger partial charge in [-0.1, -0.05) is 36.4 Å². The number of pyridine rings is 1. The van der Waals surface area contributed by atoms with Crippen molar-refractivity contribution in [3.8, 4) is 0 Å². The fourth-order valence-corrected chi connectivity index (χ4v) is 2.64. The molecule has 4 heteroatoms. The van der Waals surface area contributed by atoms with E-state index >= 15 is 0 Å². The molecule has 0 saturated heterocycles. The van der Waals surface area contributed by atoms with Crippen LogP contribution in [0.25, 0.3) is 10.9 Å². The predicted octanol–water partition coefficient (Wildman–Crippen LogP) is 3.38. The molecule has 0 saturated carbocycles. The average Bonchev–Trinajstić information content (AvgIpc) is 2.32. The Labute approximate surface area is 109 Å². The van der Waals surface area contributed by atoms with Gasteiger partial charge in [0.05, 0.1) is 5.52 Å². The van der Waals surface area contributed by atoms with Crippen LogP contribution in [0.1, 0.15) is 0 Å². The first kappa shape index (κ1) is 12.3. The number of thioether (sulfide) groups is 1. The lowest BCUT2D eigenvalue weighted by molar-refractivity contribution is 0.898. The summed E-state index contributed by atoms with van der Waals surface area (Å²) in [5, 5.41) is 1.65. The summed E-state index contributed by atoms with van der Waals surface area (Å²) in [6.45, 7) is 3.65. The number of nitrogens with zero attached hydrogens (tertiary/aromatic N) is 1. The molecular formula is C13H12ClNOS. The van der Waals surface area contributed by atoms with Gasteiger partial charge in [0.1, 0.15) is 0 Å². The lowest BCUT2D eigenvalue weighted by Crippen LogP contribution is -2.16. The van der Waals surface area contributed by atoms with Crippen LogP contribution in [-0.4, -0.2) is 10.3 Å². The highest BCUT2D eigenvalue weighted by molar-refractivity contribution is 7.99. The molecule has 1 aromatic carbocycles. The number of aryl methyl sites for hydroxylation is 1. The molecule has 0 fully saturated rings. The summed E-state index contributed by atoms with van der Waals surface area (Å²) < 4.78 is 1.65. The van der Waals surface area contributed by atoms with Gasteiger partial charge in [-0.05, 0) is 6.07 Å². The summed E-state index contributed by atoms with van der Waals surface area (Å²) in [5.74, 6) is 0.610. The van der Waals surface area contributed by atoms with Crippen molar-refractivity contribution in [3.05, 3.63) is 52.3 Å². The summed E-state index contributed by atoms with van der Waals surface area (Å²) in [7, 11) is 1.78. The van der Waals surface area contributed by atoms with Crippen LogP contribution < -0.4 is 5.56 Å². The highest BCUT2D eigenvalue weighted by atomic mass is 35.5. The highest BCUT2D eigenvalue weighted by Crippen LogP contribution is 2.27. The quantitative estimate of drug-likeness (QED) is 0.794. The number of hydrogen-bond acceptors (Lipinski definition) is 2. The van der Waals surface area contributed by atoms with Crippen LogP contribution in [0.2, 0.25) is 0 Å². The second kappa shape index (κ2) is 4.98. The van der Waals surface area contributed by atoms with E-state index < -0.39 is 0 Å². The van der Waals surface area contributed by atoms with Gasteiger partial charge in [-0.2, -0.15) is 0 Å². The molecule has 1 heterocycles. The standard InChI is InChI=1S/C13H12ClNOS/c1-9(14)8-17-12-7-13(16)15(2)11-6-4-3-5-10(11)12/h3-7H,1,8H2,2H3. The van der Waals surface area contributed by atoms with Crippen LogP contribution in [0.3, 0.4) is 0 Å². The monoisotopic (exact) mass is 265 g/mol. The Balaban J connectivity index is 2.59.